The Balaban J connectivity index is 2.17. The van der Waals surface area contributed by atoms with E-state index in [9.17, 15) is 14.9 Å². The summed E-state index contributed by atoms with van der Waals surface area (Å²) in [7, 11) is 1.46. The lowest BCUT2D eigenvalue weighted by molar-refractivity contribution is -0.384. The Hall–Kier alpha value is -3.07. The third-order valence-corrected chi connectivity index (χ3v) is 4.58. The molecule has 0 aliphatic heterocycles. The van der Waals surface area contributed by atoms with Crippen molar-refractivity contribution in [2.24, 2.45) is 5.10 Å². The van der Waals surface area contributed by atoms with Crippen molar-refractivity contribution in [3.63, 3.8) is 0 Å². The first kappa shape index (κ1) is 19.7. The summed E-state index contributed by atoms with van der Waals surface area (Å²) in [4.78, 5) is 28.1. The van der Waals surface area contributed by atoms with Gasteiger partial charge in [-0.25, -0.2) is 4.98 Å². The first-order valence-corrected chi connectivity index (χ1v) is 9.32. The van der Waals surface area contributed by atoms with Gasteiger partial charge in [0.25, 0.3) is 11.2 Å². The lowest BCUT2D eigenvalue weighted by Crippen LogP contribution is -2.22. The van der Waals surface area contributed by atoms with E-state index < -0.39 is 4.92 Å². The van der Waals surface area contributed by atoms with Crippen LogP contribution in [0.5, 0.6) is 5.75 Å². The topological polar surface area (TPSA) is 99.6 Å². The first-order chi connectivity index (χ1) is 13.4. The second kappa shape index (κ2) is 8.30. The number of fused-ring (bicyclic) bond motifs is 1. The number of nitrogens with zero attached hydrogens (tertiary/aromatic N) is 4. The Kier molecular flexibility index (Phi) is 5.84. The molecule has 0 spiro atoms. The zero-order valence-electron chi connectivity index (χ0n) is 15.3. The highest BCUT2D eigenvalue weighted by Crippen LogP contribution is 2.22. The number of rotatable bonds is 6. The average molecular weight is 445 g/mol. The number of methoxy groups -OCH3 is 1. The minimum atomic E-state index is -0.499. The smallest absolute Gasteiger partial charge is 0.282 e. The van der Waals surface area contributed by atoms with E-state index in [0.717, 1.165) is 10.9 Å². The van der Waals surface area contributed by atoms with Gasteiger partial charge in [-0.3, -0.25) is 14.9 Å². The molecule has 0 saturated heterocycles. The number of hydrogen-bond donors (Lipinski definition) is 0. The van der Waals surface area contributed by atoms with Crippen molar-refractivity contribution in [2.75, 3.05) is 7.11 Å². The fourth-order valence-electron chi connectivity index (χ4n) is 2.76. The van der Waals surface area contributed by atoms with E-state index >= 15 is 0 Å². The molecular formula is C19H17BrN4O4. The van der Waals surface area contributed by atoms with Crippen molar-refractivity contribution in [3.8, 4) is 5.75 Å². The normalized spacial score (nSPS) is 11.2. The highest BCUT2D eigenvalue weighted by atomic mass is 79.9. The maximum absolute atomic E-state index is 13.0. The number of ether oxygens (including phenoxy) is 1. The van der Waals surface area contributed by atoms with Crippen molar-refractivity contribution in [3.05, 3.63) is 72.7 Å². The van der Waals surface area contributed by atoms with Gasteiger partial charge in [0.05, 0.1) is 29.2 Å². The summed E-state index contributed by atoms with van der Waals surface area (Å²) >= 11 is 3.36. The van der Waals surface area contributed by atoms with Gasteiger partial charge in [0.2, 0.25) is 0 Å². The van der Waals surface area contributed by atoms with Crippen LogP contribution in [0, 0.1) is 10.1 Å². The Morgan fingerprint density at radius 3 is 2.79 bits per heavy atom. The molecule has 0 aliphatic carbocycles. The largest absolute Gasteiger partial charge is 0.496 e. The fraction of sp³-hybridized carbons (Fsp3) is 0.211. The molecule has 0 radical (unpaired) electrons. The van der Waals surface area contributed by atoms with Crippen LogP contribution in [-0.4, -0.2) is 27.9 Å². The highest BCUT2D eigenvalue weighted by Gasteiger charge is 2.13. The van der Waals surface area contributed by atoms with Crippen LogP contribution in [0.4, 0.5) is 5.69 Å². The maximum atomic E-state index is 13.0. The zero-order valence-corrected chi connectivity index (χ0v) is 16.8. The molecule has 9 heteroatoms. The van der Waals surface area contributed by atoms with E-state index in [1.54, 1.807) is 12.1 Å². The summed E-state index contributed by atoms with van der Waals surface area (Å²) in [5.74, 6) is 0.930. The van der Waals surface area contributed by atoms with Gasteiger partial charge in [0.15, 0.2) is 0 Å². The van der Waals surface area contributed by atoms with E-state index in [4.69, 9.17) is 4.74 Å². The third-order valence-electron chi connectivity index (χ3n) is 4.09. The zero-order chi connectivity index (χ0) is 20.3. The van der Waals surface area contributed by atoms with Gasteiger partial charge in [0.1, 0.15) is 11.6 Å². The summed E-state index contributed by atoms with van der Waals surface area (Å²) < 4.78 is 7.23. The fourth-order valence-corrected chi connectivity index (χ4v) is 3.12. The van der Waals surface area contributed by atoms with Crippen LogP contribution in [0.2, 0.25) is 0 Å². The Morgan fingerprint density at radius 1 is 1.32 bits per heavy atom. The lowest BCUT2D eigenvalue weighted by Gasteiger charge is -2.09. The van der Waals surface area contributed by atoms with Crippen LogP contribution < -0.4 is 10.3 Å². The van der Waals surface area contributed by atoms with E-state index in [2.05, 4.69) is 26.0 Å². The van der Waals surface area contributed by atoms with Gasteiger partial charge in [-0.2, -0.15) is 9.78 Å². The molecular weight excluding hydrogens is 428 g/mol. The summed E-state index contributed by atoms with van der Waals surface area (Å²) in [6.45, 7) is 1.98. The minimum absolute atomic E-state index is 0.0936. The molecule has 0 aliphatic rings. The number of halogens is 1. The predicted molar refractivity (Wildman–Crippen MR) is 110 cm³/mol. The van der Waals surface area contributed by atoms with Crippen molar-refractivity contribution in [2.45, 2.75) is 19.8 Å². The number of nitro benzene ring substituents is 1. The van der Waals surface area contributed by atoms with Crippen molar-refractivity contribution >= 4 is 38.7 Å². The Labute approximate surface area is 168 Å². The molecule has 1 aromatic heterocycles. The molecule has 2 aromatic carbocycles. The maximum Gasteiger partial charge on any atom is 0.282 e. The summed E-state index contributed by atoms with van der Waals surface area (Å²) in [5, 5.41) is 15.8. The van der Waals surface area contributed by atoms with E-state index in [1.165, 1.54) is 36.2 Å². The first-order valence-electron chi connectivity index (χ1n) is 8.52. The second-order valence-electron chi connectivity index (χ2n) is 5.98. The van der Waals surface area contributed by atoms with Gasteiger partial charge in [-0.1, -0.05) is 22.9 Å². The molecule has 144 valence electrons. The molecule has 3 rings (SSSR count). The predicted octanol–water partition coefficient (Wildman–Crippen LogP) is 3.91. The monoisotopic (exact) mass is 444 g/mol. The number of benzene rings is 2. The van der Waals surface area contributed by atoms with Crippen LogP contribution in [0.15, 0.2) is 50.8 Å². The van der Waals surface area contributed by atoms with Gasteiger partial charge >= 0.3 is 0 Å². The molecule has 0 amide bonds. The Bertz CT molecular complexity index is 1140. The van der Waals surface area contributed by atoms with E-state index in [0.29, 0.717) is 34.5 Å². The van der Waals surface area contributed by atoms with Crippen LogP contribution >= 0.6 is 15.9 Å². The molecule has 0 saturated carbocycles. The number of aryl methyl sites for hydroxylation is 1. The molecule has 1 heterocycles. The summed E-state index contributed by atoms with van der Waals surface area (Å²) in [5.41, 5.74) is 0.579. The Morgan fingerprint density at radius 2 is 2.11 bits per heavy atom. The highest BCUT2D eigenvalue weighted by molar-refractivity contribution is 9.10. The molecule has 0 N–H and O–H groups in total. The van der Waals surface area contributed by atoms with E-state index in [-0.39, 0.29) is 11.2 Å². The minimum Gasteiger partial charge on any atom is -0.496 e. The molecule has 8 nitrogen and oxygen atoms in total. The summed E-state index contributed by atoms with van der Waals surface area (Å²) in [6, 6.07) is 9.48. The lowest BCUT2D eigenvalue weighted by atomic mass is 10.2. The van der Waals surface area contributed by atoms with Crippen LogP contribution in [0.25, 0.3) is 10.9 Å². The quantitative estimate of drug-likeness (QED) is 0.326. The van der Waals surface area contributed by atoms with Crippen LogP contribution in [0.3, 0.4) is 0 Å². The number of aromatic nitrogens is 2. The molecule has 0 bridgehead atoms. The van der Waals surface area contributed by atoms with Crippen molar-refractivity contribution in [1.29, 1.82) is 0 Å². The molecule has 28 heavy (non-hydrogen) atoms. The van der Waals surface area contributed by atoms with Crippen molar-refractivity contribution in [1.82, 2.24) is 9.66 Å². The van der Waals surface area contributed by atoms with Crippen molar-refractivity contribution < 1.29 is 9.66 Å². The number of hydrogen-bond acceptors (Lipinski definition) is 6. The van der Waals surface area contributed by atoms with E-state index in [1.807, 2.05) is 13.0 Å². The van der Waals surface area contributed by atoms with Gasteiger partial charge in [0, 0.05) is 28.6 Å². The standard InChI is InChI=1S/C19H17BrN4O4/c1-3-4-18-22-16-7-5-13(20)10-15(16)19(25)23(18)21-11-12-9-14(24(26)27)6-8-17(12)28-2/h5-11H,3-4H2,1-2H3. The molecule has 0 atom stereocenters. The van der Waals surface area contributed by atoms with Gasteiger partial charge < -0.3 is 4.74 Å². The average Bonchev–Trinajstić information content (AvgIpc) is 2.68. The van der Waals surface area contributed by atoms with Crippen LogP contribution in [0.1, 0.15) is 24.7 Å². The van der Waals surface area contributed by atoms with Crippen LogP contribution in [-0.2, 0) is 6.42 Å². The SMILES string of the molecule is CCCc1nc2ccc(Br)cc2c(=O)n1N=Cc1cc([N+](=O)[O-])ccc1OC. The number of nitro groups is 1. The molecule has 0 unspecified atom stereocenters. The number of non-ortho nitro benzene ring substituents is 1. The van der Waals surface area contributed by atoms with Gasteiger partial charge in [-0.15, -0.1) is 0 Å². The second-order valence-corrected chi connectivity index (χ2v) is 6.90. The molecule has 3 aromatic rings. The van der Waals surface area contributed by atoms with Gasteiger partial charge in [-0.05, 0) is 30.7 Å². The summed E-state index contributed by atoms with van der Waals surface area (Å²) in [6.07, 6.45) is 2.71. The third kappa shape index (κ3) is 3.94. The molecule has 0 fully saturated rings.